The van der Waals surface area contributed by atoms with Crippen molar-refractivity contribution in [3.63, 3.8) is 0 Å². The van der Waals surface area contributed by atoms with Crippen LogP contribution in [0.4, 0.5) is 5.82 Å². The highest BCUT2D eigenvalue weighted by Gasteiger charge is 2.37. The van der Waals surface area contributed by atoms with Crippen molar-refractivity contribution in [1.29, 1.82) is 0 Å². The lowest BCUT2D eigenvalue weighted by Gasteiger charge is -2.12. The minimum Gasteiger partial charge on any atom is -0.478 e. The predicted molar refractivity (Wildman–Crippen MR) is 57.5 cm³/mol. The Morgan fingerprint density at radius 1 is 1.60 bits per heavy atom. The average Bonchev–Trinajstić information content (AvgIpc) is 2.81. The monoisotopic (exact) mass is 226 g/mol. The van der Waals surface area contributed by atoms with Gasteiger partial charge >= 0.3 is 5.97 Å². The molecule has 0 spiro atoms. The van der Waals surface area contributed by atoms with E-state index in [1.54, 1.807) is 0 Å². The van der Waals surface area contributed by atoms with Crippen LogP contribution in [-0.2, 0) is 0 Å². The molecule has 0 unspecified atom stereocenters. The van der Waals surface area contributed by atoms with Gasteiger partial charge in [0.15, 0.2) is 0 Å². The summed E-state index contributed by atoms with van der Waals surface area (Å²) in [5, 5.41) is 12.2. The van der Waals surface area contributed by atoms with Gasteiger partial charge in [-0.25, -0.2) is 9.78 Å². The van der Waals surface area contributed by atoms with Crippen LogP contribution in [0.15, 0.2) is 12.1 Å². The first kappa shape index (κ1) is 10.2. The predicted octanol–water partition coefficient (Wildman–Crippen LogP) is 2.40. The van der Waals surface area contributed by atoms with Gasteiger partial charge in [0.05, 0.1) is 5.56 Å². The van der Waals surface area contributed by atoms with Crippen LogP contribution >= 0.6 is 11.6 Å². The molecule has 0 aromatic carbocycles. The number of carboxylic acid groups (broad SMARTS) is 1. The van der Waals surface area contributed by atoms with E-state index in [1.165, 1.54) is 12.1 Å². The maximum absolute atomic E-state index is 10.8. The molecule has 1 aromatic rings. The van der Waals surface area contributed by atoms with Crippen LogP contribution in [0.25, 0.3) is 0 Å². The standard InChI is InChI=1S/C10H11ClN2O2/c1-10(2-3-10)13-8-5-6(9(14)15)4-7(11)12-8/h4-5H,2-3H2,1H3,(H,12,13)(H,14,15). The molecular formula is C10H11ClN2O2. The Morgan fingerprint density at radius 3 is 2.80 bits per heavy atom. The smallest absolute Gasteiger partial charge is 0.335 e. The van der Waals surface area contributed by atoms with Gasteiger partial charge in [-0.2, -0.15) is 0 Å². The highest BCUT2D eigenvalue weighted by molar-refractivity contribution is 6.29. The van der Waals surface area contributed by atoms with E-state index in [1.807, 2.05) is 0 Å². The van der Waals surface area contributed by atoms with Crippen LogP contribution in [0.3, 0.4) is 0 Å². The lowest BCUT2D eigenvalue weighted by molar-refractivity contribution is 0.0697. The maximum atomic E-state index is 10.8. The number of pyridine rings is 1. The molecule has 15 heavy (non-hydrogen) atoms. The molecule has 0 amide bonds. The van der Waals surface area contributed by atoms with Gasteiger partial charge in [0.1, 0.15) is 11.0 Å². The van der Waals surface area contributed by atoms with Crippen molar-refractivity contribution in [2.24, 2.45) is 0 Å². The van der Waals surface area contributed by atoms with E-state index in [0.29, 0.717) is 5.82 Å². The van der Waals surface area contributed by atoms with Crippen LogP contribution in [0.5, 0.6) is 0 Å². The minimum absolute atomic E-state index is 0.0630. The topological polar surface area (TPSA) is 62.2 Å². The second-order valence-corrected chi connectivity index (χ2v) is 4.44. The van der Waals surface area contributed by atoms with Crippen molar-refractivity contribution < 1.29 is 9.90 Å². The molecule has 1 aliphatic rings. The van der Waals surface area contributed by atoms with Crippen LogP contribution in [0, 0.1) is 0 Å². The Morgan fingerprint density at radius 2 is 2.27 bits per heavy atom. The zero-order valence-corrected chi connectivity index (χ0v) is 9.01. The first-order valence-corrected chi connectivity index (χ1v) is 5.05. The summed E-state index contributed by atoms with van der Waals surface area (Å²) in [4.78, 5) is 14.8. The average molecular weight is 227 g/mol. The first-order valence-electron chi connectivity index (χ1n) is 4.68. The summed E-state index contributed by atoms with van der Waals surface area (Å²) in [5.74, 6) is -0.469. The number of aromatic nitrogens is 1. The number of anilines is 1. The van der Waals surface area contributed by atoms with Crippen LogP contribution in [0.1, 0.15) is 30.1 Å². The van der Waals surface area contributed by atoms with E-state index in [0.717, 1.165) is 12.8 Å². The summed E-state index contributed by atoms with van der Waals surface area (Å²) in [7, 11) is 0. The zero-order valence-electron chi connectivity index (χ0n) is 8.25. The number of hydrogen-bond donors (Lipinski definition) is 2. The molecule has 0 radical (unpaired) electrons. The summed E-state index contributed by atoms with van der Waals surface area (Å²) in [5.41, 5.74) is 0.217. The molecule has 4 nitrogen and oxygen atoms in total. The quantitative estimate of drug-likeness (QED) is 0.777. The van der Waals surface area contributed by atoms with Gasteiger partial charge < -0.3 is 10.4 Å². The van der Waals surface area contributed by atoms with Crippen molar-refractivity contribution in [3.05, 3.63) is 22.8 Å². The number of carbonyl (C=O) groups is 1. The Hall–Kier alpha value is -1.29. The van der Waals surface area contributed by atoms with E-state index in [-0.39, 0.29) is 16.3 Å². The molecule has 0 bridgehead atoms. The van der Waals surface area contributed by atoms with Crippen molar-refractivity contribution >= 4 is 23.4 Å². The van der Waals surface area contributed by atoms with Gasteiger partial charge in [0.25, 0.3) is 0 Å². The van der Waals surface area contributed by atoms with E-state index in [9.17, 15) is 4.79 Å². The van der Waals surface area contributed by atoms with E-state index >= 15 is 0 Å². The summed E-state index contributed by atoms with van der Waals surface area (Å²) >= 11 is 5.73. The van der Waals surface area contributed by atoms with Crippen LogP contribution in [0.2, 0.25) is 5.15 Å². The molecule has 1 fully saturated rings. The Balaban J connectivity index is 2.27. The molecule has 5 heteroatoms. The largest absolute Gasteiger partial charge is 0.478 e. The Labute approximate surface area is 92.3 Å². The molecule has 1 saturated carbocycles. The van der Waals surface area contributed by atoms with Gasteiger partial charge in [0.2, 0.25) is 0 Å². The third kappa shape index (κ3) is 2.39. The number of nitrogens with one attached hydrogen (secondary N) is 1. The molecule has 1 aromatic heterocycles. The summed E-state index contributed by atoms with van der Waals surface area (Å²) in [6, 6.07) is 2.84. The number of halogens is 1. The van der Waals surface area contributed by atoms with Gasteiger partial charge in [-0.05, 0) is 31.9 Å². The minimum atomic E-state index is -0.997. The second-order valence-electron chi connectivity index (χ2n) is 4.05. The number of nitrogens with zero attached hydrogens (tertiary/aromatic N) is 1. The fourth-order valence-electron chi connectivity index (χ4n) is 1.31. The number of rotatable bonds is 3. The molecule has 80 valence electrons. The molecular weight excluding hydrogens is 216 g/mol. The highest BCUT2D eigenvalue weighted by Crippen LogP contribution is 2.37. The van der Waals surface area contributed by atoms with Crippen LogP contribution in [-0.4, -0.2) is 21.6 Å². The molecule has 1 aliphatic carbocycles. The van der Waals surface area contributed by atoms with Crippen molar-refractivity contribution in [3.8, 4) is 0 Å². The number of carboxylic acids is 1. The molecule has 0 saturated heterocycles. The van der Waals surface area contributed by atoms with Crippen molar-refractivity contribution in [1.82, 2.24) is 4.98 Å². The molecule has 1 heterocycles. The van der Waals surface area contributed by atoms with E-state index in [2.05, 4.69) is 17.2 Å². The van der Waals surface area contributed by atoms with Crippen molar-refractivity contribution in [2.75, 3.05) is 5.32 Å². The SMILES string of the molecule is CC1(Nc2cc(C(=O)O)cc(Cl)n2)CC1. The number of hydrogen-bond acceptors (Lipinski definition) is 3. The van der Waals surface area contributed by atoms with Gasteiger partial charge in [-0.3, -0.25) is 0 Å². The Kier molecular flexibility index (Phi) is 2.31. The number of aromatic carboxylic acids is 1. The fraction of sp³-hybridized carbons (Fsp3) is 0.400. The summed E-state index contributed by atoms with van der Waals surface area (Å²) in [6.07, 6.45) is 2.15. The molecule has 0 aliphatic heterocycles. The van der Waals surface area contributed by atoms with E-state index < -0.39 is 5.97 Å². The maximum Gasteiger partial charge on any atom is 0.335 e. The highest BCUT2D eigenvalue weighted by atomic mass is 35.5. The first-order chi connectivity index (χ1) is 6.98. The lowest BCUT2D eigenvalue weighted by Crippen LogP contribution is -2.17. The van der Waals surface area contributed by atoms with E-state index in [4.69, 9.17) is 16.7 Å². The zero-order chi connectivity index (χ0) is 11.1. The summed E-state index contributed by atoms with van der Waals surface area (Å²) in [6.45, 7) is 2.07. The molecule has 2 N–H and O–H groups in total. The Bertz CT molecular complexity index is 416. The lowest BCUT2D eigenvalue weighted by atomic mass is 10.2. The van der Waals surface area contributed by atoms with Crippen molar-refractivity contribution in [2.45, 2.75) is 25.3 Å². The van der Waals surface area contributed by atoms with Gasteiger partial charge in [0, 0.05) is 5.54 Å². The third-order valence-corrected chi connectivity index (χ3v) is 2.66. The fourth-order valence-corrected chi connectivity index (χ4v) is 1.51. The summed E-state index contributed by atoms with van der Waals surface area (Å²) < 4.78 is 0. The molecule has 0 atom stereocenters. The van der Waals surface area contributed by atoms with Gasteiger partial charge in [-0.15, -0.1) is 0 Å². The third-order valence-electron chi connectivity index (χ3n) is 2.47. The second kappa shape index (κ2) is 3.38. The normalized spacial score (nSPS) is 17.2. The molecule has 2 rings (SSSR count). The van der Waals surface area contributed by atoms with Gasteiger partial charge in [-0.1, -0.05) is 11.6 Å². The van der Waals surface area contributed by atoms with Crippen LogP contribution < -0.4 is 5.32 Å².